The average molecular weight is 294 g/mol. The standard InChI is InChI=1S/C16H18N6/c1-2-13(8-17-3-1)15-10-18-4-6-21(15)12-14-9-20-16-11-19-5-7-22(14)16/h1-3,5,7-9,11,15,18H,4,6,10,12H2. The van der Waals surface area contributed by atoms with Crippen molar-refractivity contribution in [1.29, 1.82) is 0 Å². The molecule has 4 rings (SSSR count). The summed E-state index contributed by atoms with van der Waals surface area (Å²) in [7, 11) is 0. The van der Waals surface area contributed by atoms with Gasteiger partial charge in [-0.2, -0.15) is 0 Å². The molecular weight excluding hydrogens is 276 g/mol. The number of fused-ring (bicyclic) bond motifs is 1. The predicted molar refractivity (Wildman–Crippen MR) is 83.2 cm³/mol. The highest BCUT2D eigenvalue weighted by molar-refractivity contribution is 5.36. The number of rotatable bonds is 3. The van der Waals surface area contributed by atoms with E-state index < -0.39 is 0 Å². The second kappa shape index (κ2) is 5.82. The first-order valence-electron chi connectivity index (χ1n) is 7.52. The third kappa shape index (κ3) is 2.47. The molecule has 1 saturated heterocycles. The van der Waals surface area contributed by atoms with Crippen LogP contribution in [-0.4, -0.2) is 43.9 Å². The molecule has 22 heavy (non-hydrogen) atoms. The van der Waals surface area contributed by atoms with Gasteiger partial charge in [0, 0.05) is 57.0 Å². The Hall–Kier alpha value is -2.31. The highest BCUT2D eigenvalue weighted by atomic mass is 15.2. The average Bonchev–Trinajstić information content (AvgIpc) is 2.99. The minimum absolute atomic E-state index is 0.342. The fraction of sp³-hybridized carbons (Fsp3) is 0.312. The molecule has 0 aromatic carbocycles. The summed E-state index contributed by atoms with van der Waals surface area (Å²) in [5, 5.41) is 3.48. The van der Waals surface area contributed by atoms with Crippen LogP contribution in [0.15, 0.2) is 49.3 Å². The monoisotopic (exact) mass is 294 g/mol. The van der Waals surface area contributed by atoms with Crippen molar-refractivity contribution in [3.05, 3.63) is 60.6 Å². The van der Waals surface area contributed by atoms with Crippen LogP contribution in [0.1, 0.15) is 17.3 Å². The maximum absolute atomic E-state index is 4.43. The summed E-state index contributed by atoms with van der Waals surface area (Å²) in [6, 6.07) is 4.49. The highest BCUT2D eigenvalue weighted by Gasteiger charge is 2.24. The van der Waals surface area contributed by atoms with E-state index in [9.17, 15) is 0 Å². The predicted octanol–water partition coefficient (Wildman–Crippen LogP) is 1.27. The van der Waals surface area contributed by atoms with E-state index in [1.165, 1.54) is 11.3 Å². The van der Waals surface area contributed by atoms with Crippen molar-refractivity contribution in [2.45, 2.75) is 12.6 Å². The lowest BCUT2D eigenvalue weighted by molar-refractivity contribution is 0.151. The topological polar surface area (TPSA) is 58.4 Å². The summed E-state index contributed by atoms with van der Waals surface area (Å²) in [6.07, 6.45) is 11.3. The van der Waals surface area contributed by atoms with Gasteiger partial charge in [-0.1, -0.05) is 6.07 Å². The van der Waals surface area contributed by atoms with E-state index in [0.717, 1.165) is 31.8 Å². The van der Waals surface area contributed by atoms with E-state index in [1.54, 1.807) is 12.4 Å². The number of nitrogens with zero attached hydrogens (tertiary/aromatic N) is 5. The van der Waals surface area contributed by atoms with E-state index in [1.807, 2.05) is 30.9 Å². The Morgan fingerprint density at radius 3 is 3.05 bits per heavy atom. The van der Waals surface area contributed by atoms with Gasteiger partial charge in [-0.05, 0) is 11.6 Å². The van der Waals surface area contributed by atoms with Crippen molar-refractivity contribution in [1.82, 2.24) is 29.6 Å². The maximum Gasteiger partial charge on any atom is 0.155 e. The van der Waals surface area contributed by atoms with Crippen LogP contribution >= 0.6 is 0 Å². The quantitative estimate of drug-likeness (QED) is 0.788. The largest absolute Gasteiger partial charge is 0.314 e. The van der Waals surface area contributed by atoms with Crippen molar-refractivity contribution < 1.29 is 0 Å². The second-order valence-electron chi connectivity index (χ2n) is 5.53. The summed E-state index contributed by atoms with van der Waals surface area (Å²) in [6.45, 7) is 3.84. The number of hydrogen-bond donors (Lipinski definition) is 1. The number of imidazole rings is 1. The van der Waals surface area contributed by atoms with Crippen LogP contribution in [0.5, 0.6) is 0 Å². The SMILES string of the molecule is c1cncc(C2CNCCN2Cc2cnc3cnccn23)c1. The van der Waals surface area contributed by atoms with E-state index in [0.29, 0.717) is 6.04 Å². The summed E-state index contributed by atoms with van der Waals surface area (Å²) in [5.41, 5.74) is 3.34. The fourth-order valence-corrected chi connectivity index (χ4v) is 3.06. The number of pyridine rings is 1. The van der Waals surface area contributed by atoms with E-state index >= 15 is 0 Å². The molecule has 1 aliphatic rings. The van der Waals surface area contributed by atoms with Crippen LogP contribution in [0.2, 0.25) is 0 Å². The first-order valence-corrected chi connectivity index (χ1v) is 7.52. The Morgan fingerprint density at radius 1 is 1.18 bits per heavy atom. The summed E-state index contributed by atoms with van der Waals surface area (Å²) in [4.78, 5) is 15.3. The first-order chi connectivity index (χ1) is 10.9. The van der Waals surface area contributed by atoms with Crippen LogP contribution in [0.3, 0.4) is 0 Å². The lowest BCUT2D eigenvalue weighted by Gasteiger charge is -2.36. The Bertz CT molecular complexity index is 753. The molecule has 1 fully saturated rings. The zero-order valence-electron chi connectivity index (χ0n) is 12.3. The van der Waals surface area contributed by atoms with Crippen LogP contribution in [0.4, 0.5) is 0 Å². The molecule has 3 aromatic heterocycles. The minimum Gasteiger partial charge on any atom is -0.314 e. The Labute approximate surface area is 128 Å². The van der Waals surface area contributed by atoms with Crippen LogP contribution < -0.4 is 5.32 Å². The van der Waals surface area contributed by atoms with E-state index in [4.69, 9.17) is 0 Å². The molecule has 4 heterocycles. The van der Waals surface area contributed by atoms with Gasteiger partial charge in [0.25, 0.3) is 0 Å². The molecule has 0 spiro atoms. The van der Waals surface area contributed by atoms with Gasteiger partial charge in [-0.25, -0.2) is 4.98 Å². The molecule has 1 atom stereocenters. The summed E-state index contributed by atoms with van der Waals surface area (Å²) >= 11 is 0. The molecule has 112 valence electrons. The van der Waals surface area contributed by atoms with Gasteiger partial charge in [0.15, 0.2) is 5.65 Å². The zero-order chi connectivity index (χ0) is 14.8. The highest BCUT2D eigenvalue weighted by Crippen LogP contribution is 2.23. The molecule has 1 N–H and O–H groups in total. The van der Waals surface area contributed by atoms with E-state index in [-0.39, 0.29) is 0 Å². The van der Waals surface area contributed by atoms with Gasteiger partial charge in [0.05, 0.1) is 18.1 Å². The van der Waals surface area contributed by atoms with Gasteiger partial charge >= 0.3 is 0 Å². The molecule has 1 unspecified atom stereocenters. The second-order valence-corrected chi connectivity index (χ2v) is 5.53. The third-order valence-electron chi connectivity index (χ3n) is 4.18. The number of aromatic nitrogens is 4. The van der Waals surface area contributed by atoms with Crippen molar-refractivity contribution >= 4 is 5.65 Å². The summed E-state index contributed by atoms with van der Waals surface area (Å²) in [5.74, 6) is 0. The van der Waals surface area contributed by atoms with Gasteiger partial charge < -0.3 is 5.32 Å². The van der Waals surface area contributed by atoms with Crippen molar-refractivity contribution in [2.75, 3.05) is 19.6 Å². The molecule has 0 amide bonds. The lowest BCUT2D eigenvalue weighted by Crippen LogP contribution is -2.45. The smallest absolute Gasteiger partial charge is 0.155 e. The Morgan fingerprint density at radius 2 is 2.14 bits per heavy atom. The van der Waals surface area contributed by atoms with Gasteiger partial charge in [0.2, 0.25) is 0 Å². The van der Waals surface area contributed by atoms with Crippen molar-refractivity contribution in [3.8, 4) is 0 Å². The van der Waals surface area contributed by atoms with E-state index in [2.05, 4.69) is 35.6 Å². The molecule has 6 nitrogen and oxygen atoms in total. The maximum atomic E-state index is 4.43. The molecular formula is C16H18N6. The Kier molecular flexibility index (Phi) is 3.54. The zero-order valence-corrected chi connectivity index (χ0v) is 12.3. The van der Waals surface area contributed by atoms with Crippen LogP contribution in [0.25, 0.3) is 5.65 Å². The van der Waals surface area contributed by atoms with Crippen molar-refractivity contribution in [2.24, 2.45) is 0 Å². The van der Waals surface area contributed by atoms with Crippen molar-refractivity contribution in [3.63, 3.8) is 0 Å². The fourth-order valence-electron chi connectivity index (χ4n) is 3.06. The number of nitrogens with one attached hydrogen (secondary N) is 1. The van der Waals surface area contributed by atoms with Crippen LogP contribution in [0, 0.1) is 0 Å². The first kappa shape index (κ1) is 13.4. The molecule has 6 heteroatoms. The molecule has 1 aliphatic heterocycles. The molecule has 0 bridgehead atoms. The number of hydrogen-bond acceptors (Lipinski definition) is 5. The minimum atomic E-state index is 0.342. The third-order valence-corrected chi connectivity index (χ3v) is 4.18. The lowest BCUT2D eigenvalue weighted by atomic mass is 10.1. The molecule has 0 aliphatic carbocycles. The Balaban J connectivity index is 1.62. The molecule has 0 radical (unpaired) electrons. The van der Waals surface area contributed by atoms with Gasteiger partial charge in [-0.3, -0.25) is 19.3 Å². The van der Waals surface area contributed by atoms with Crippen LogP contribution in [-0.2, 0) is 6.54 Å². The molecule has 3 aromatic rings. The molecule has 0 saturated carbocycles. The summed E-state index contributed by atoms with van der Waals surface area (Å²) < 4.78 is 2.11. The van der Waals surface area contributed by atoms with Gasteiger partial charge in [-0.15, -0.1) is 0 Å². The van der Waals surface area contributed by atoms with Gasteiger partial charge in [0.1, 0.15) is 0 Å². The number of piperazine rings is 1. The normalized spacial score (nSPS) is 19.5.